The monoisotopic (exact) mass is 387 g/mol. The van der Waals surface area contributed by atoms with E-state index in [0.717, 1.165) is 20.0 Å². The molecule has 11 nitrogen and oxygen atoms in total. The van der Waals surface area contributed by atoms with Crippen LogP contribution < -0.4 is 11.0 Å². The molecule has 4 atom stereocenters. The molecule has 1 aromatic rings. The first kappa shape index (κ1) is 20.3. The number of aromatic nitrogens is 2. The van der Waals surface area contributed by atoms with Crippen molar-refractivity contribution in [1.82, 2.24) is 9.97 Å². The van der Waals surface area contributed by atoms with Crippen molar-refractivity contribution in [3.05, 3.63) is 22.5 Å². The van der Waals surface area contributed by atoms with Crippen LogP contribution in [0.5, 0.6) is 0 Å². The largest absolute Gasteiger partial charge is 0.463 e. The number of H-pyrrole nitrogens is 1. The third kappa shape index (κ3) is 5.48. The third-order valence-corrected chi connectivity index (χ3v) is 3.41. The second-order valence-corrected chi connectivity index (χ2v) is 5.59. The zero-order valence-electron chi connectivity index (χ0n) is 14.7. The third-order valence-electron chi connectivity index (χ3n) is 3.41. The molecule has 2 N–H and O–H groups in total. The van der Waals surface area contributed by atoms with Gasteiger partial charge in [-0.2, -0.15) is 4.98 Å². The van der Waals surface area contributed by atoms with Gasteiger partial charge >= 0.3 is 23.6 Å². The van der Waals surface area contributed by atoms with Gasteiger partial charge in [0.2, 0.25) is 0 Å². The van der Waals surface area contributed by atoms with E-state index in [1.165, 1.54) is 6.92 Å². The van der Waals surface area contributed by atoms with Crippen molar-refractivity contribution in [3.8, 4) is 0 Å². The molecular formula is C15H18FN3O8. The van der Waals surface area contributed by atoms with E-state index >= 15 is 0 Å². The molecule has 2 heterocycles. The van der Waals surface area contributed by atoms with Crippen LogP contribution in [0, 0.1) is 5.82 Å². The number of nitrogens with zero attached hydrogens (tertiary/aromatic N) is 1. The molecule has 148 valence electrons. The van der Waals surface area contributed by atoms with Crippen molar-refractivity contribution >= 4 is 23.7 Å². The lowest BCUT2D eigenvalue weighted by Crippen LogP contribution is -2.43. The molecule has 0 radical (unpaired) electrons. The van der Waals surface area contributed by atoms with Gasteiger partial charge in [-0.05, 0) is 0 Å². The molecule has 0 unspecified atom stereocenters. The quantitative estimate of drug-likeness (QED) is 0.482. The Balaban J connectivity index is 2.30. The lowest BCUT2D eigenvalue weighted by molar-refractivity contribution is -0.165. The van der Waals surface area contributed by atoms with Crippen molar-refractivity contribution in [1.29, 1.82) is 0 Å². The highest BCUT2D eigenvalue weighted by Crippen LogP contribution is 2.28. The first-order valence-corrected chi connectivity index (χ1v) is 7.82. The van der Waals surface area contributed by atoms with Gasteiger partial charge in [0.1, 0.15) is 12.7 Å². The summed E-state index contributed by atoms with van der Waals surface area (Å²) >= 11 is 0. The molecule has 27 heavy (non-hydrogen) atoms. The average molecular weight is 387 g/mol. The Labute approximate surface area is 152 Å². The number of ether oxygens (including phenoxy) is 4. The second-order valence-electron chi connectivity index (χ2n) is 5.59. The van der Waals surface area contributed by atoms with E-state index in [4.69, 9.17) is 18.9 Å². The minimum atomic E-state index is -1.23. The van der Waals surface area contributed by atoms with Gasteiger partial charge in [-0.1, -0.05) is 0 Å². The Kier molecular flexibility index (Phi) is 6.45. The molecule has 0 aromatic carbocycles. The van der Waals surface area contributed by atoms with E-state index in [-0.39, 0.29) is 6.61 Å². The zero-order valence-corrected chi connectivity index (χ0v) is 14.7. The van der Waals surface area contributed by atoms with Gasteiger partial charge in [-0.15, -0.1) is 0 Å². The normalized spacial score (nSPS) is 24.1. The van der Waals surface area contributed by atoms with Crippen molar-refractivity contribution in [2.24, 2.45) is 0 Å². The van der Waals surface area contributed by atoms with Crippen molar-refractivity contribution in [2.45, 2.75) is 45.3 Å². The molecule has 1 aromatic heterocycles. The van der Waals surface area contributed by atoms with Crippen LogP contribution >= 0.6 is 0 Å². The van der Waals surface area contributed by atoms with Crippen LogP contribution in [0.15, 0.2) is 11.0 Å². The molecule has 0 aliphatic carbocycles. The van der Waals surface area contributed by atoms with Gasteiger partial charge in [0.25, 0.3) is 0 Å². The van der Waals surface area contributed by atoms with Crippen LogP contribution in [0.1, 0.15) is 20.8 Å². The summed E-state index contributed by atoms with van der Waals surface area (Å²) in [4.78, 5) is 50.7. The SMILES string of the molecule is CC(=O)OC[C@H]1O[C@@H](Nc2nc(=O)[nH]cc2F)[C@H](OC(C)=O)[C@H]1OC(C)=O. The number of halogens is 1. The number of anilines is 1. The molecule has 1 aliphatic rings. The number of hydrogen-bond acceptors (Lipinski definition) is 10. The summed E-state index contributed by atoms with van der Waals surface area (Å²) in [5, 5.41) is 2.49. The highest BCUT2D eigenvalue weighted by molar-refractivity contribution is 5.68. The first-order chi connectivity index (χ1) is 12.7. The van der Waals surface area contributed by atoms with E-state index in [1.807, 2.05) is 0 Å². The van der Waals surface area contributed by atoms with Gasteiger partial charge < -0.3 is 29.2 Å². The molecule has 0 saturated carbocycles. The number of aromatic amines is 1. The van der Waals surface area contributed by atoms with Gasteiger partial charge in [-0.25, -0.2) is 9.18 Å². The smallest absolute Gasteiger partial charge is 0.347 e. The lowest BCUT2D eigenvalue weighted by Gasteiger charge is -2.23. The fourth-order valence-electron chi connectivity index (χ4n) is 2.45. The van der Waals surface area contributed by atoms with Gasteiger partial charge in [-0.3, -0.25) is 14.4 Å². The molecule has 1 saturated heterocycles. The second kappa shape index (κ2) is 8.58. The number of carbonyl (C=O) groups is 3. The Morgan fingerprint density at radius 1 is 1.19 bits per heavy atom. The predicted octanol–water partition coefficient (Wildman–Crippen LogP) is -0.528. The predicted molar refractivity (Wildman–Crippen MR) is 84.8 cm³/mol. The fourth-order valence-corrected chi connectivity index (χ4v) is 2.45. The molecule has 0 bridgehead atoms. The molecular weight excluding hydrogens is 369 g/mol. The van der Waals surface area contributed by atoms with Crippen LogP contribution in [-0.4, -0.2) is 59.0 Å². The maximum absolute atomic E-state index is 13.9. The van der Waals surface area contributed by atoms with Crippen molar-refractivity contribution in [2.75, 3.05) is 11.9 Å². The van der Waals surface area contributed by atoms with Crippen LogP contribution in [0.3, 0.4) is 0 Å². The molecule has 12 heteroatoms. The first-order valence-electron chi connectivity index (χ1n) is 7.82. The molecule has 0 spiro atoms. The number of esters is 3. The summed E-state index contributed by atoms with van der Waals surface area (Å²) in [6, 6.07) is 0. The molecule has 1 fully saturated rings. The van der Waals surface area contributed by atoms with Crippen LogP contribution in [0.4, 0.5) is 10.2 Å². The van der Waals surface area contributed by atoms with Crippen LogP contribution in [0.25, 0.3) is 0 Å². The summed E-state index contributed by atoms with van der Waals surface area (Å²) in [7, 11) is 0. The minimum Gasteiger partial charge on any atom is -0.463 e. The summed E-state index contributed by atoms with van der Waals surface area (Å²) in [5.74, 6) is -3.39. The Morgan fingerprint density at radius 3 is 2.41 bits per heavy atom. The lowest BCUT2D eigenvalue weighted by atomic mass is 10.1. The Hall–Kier alpha value is -3.02. The van der Waals surface area contributed by atoms with Crippen molar-refractivity contribution < 1.29 is 37.7 Å². The number of hydrogen-bond donors (Lipinski definition) is 2. The van der Waals surface area contributed by atoms with Crippen LogP contribution in [-0.2, 0) is 33.3 Å². The fraction of sp³-hybridized carbons (Fsp3) is 0.533. The average Bonchev–Trinajstić information content (AvgIpc) is 2.85. The van der Waals surface area contributed by atoms with Gasteiger partial charge in [0.15, 0.2) is 30.1 Å². The minimum absolute atomic E-state index is 0.311. The molecule has 1 aliphatic heterocycles. The molecule has 2 rings (SSSR count). The number of nitrogens with one attached hydrogen (secondary N) is 2. The maximum atomic E-state index is 13.9. The number of carbonyl (C=O) groups excluding carboxylic acids is 3. The standard InChI is InChI=1S/C15H18FN3O8/c1-6(20)24-5-10-11(25-7(2)21)12(26-8(3)22)14(27-10)18-13-9(16)4-17-15(23)19-13/h4,10-12,14H,5H2,1-3H3,(H2,17,18,19,23)/t10-,11+,12-,14-/m1/s1. The van der Waals surface area contributed by atoms with Gasteiger partial charge in [0, 0.05) is 27.0 Å². The van der Waals surface area contributed by atoms with E-state index in [2.05, 4.69) is 15.3 Å². The number of rotatable bonds is 6. The summed E-state index contributed by atoms with van der Waals surface area (Å²) in [6.07, 6.45) is -3.82. The zero-order chi connectivity index (χ0) is 20.1. The van der Waals surface area contributed by atoms with E-state index < -0.39 is 59.8 Å². The Bertz CT molecular complexity index is 783. The summed E-state index contributed by atoms with van der Waals surface area (Å²) in [6.45, 7) is 3.11. The Morgan fingerprint density at radius 2 is 1.81 bits per heavy atom. The van der Waals surface area contributed by atoms with Crippen LogP contribution in [0.2, 0.25) is 0 Å². The molecule has 0 amide bonds. The maximum Gasteiger partial charge on any atom is 0.347 e. The van der Waals surface area contributed by atoms with Gasteiger partial charge in [0.05, 0.1) is 0 Å². The van der Waals surface area contributed by atoms with Crippen molar-refractivity contribution in [3.63, 3.8) is 0 Å². The van der Waals surface area contributed by atoms with E-state index in [0.29, 0.717) is 0 Å². The highest BCUT2D eigenvalue weighted by atomic mass is 19.1. The van der Waals surface area contributed by atoms with E-state index in [9.17, 15) is 23.6 Å². The summed E-state index contributed by atoms with van der Waals surface area (Å²) < 4.78 is 34.6. The topological polar surface area (TPSA) is 146 Å². The summed E-state index contributed by atoms with van der Waals surface area (Å²) in [5.41, 5.74) is -0.825. The van der Waals surface area contributed by atoms with E-state index in [1.54, 1.807) is 0 Å². The highest BCUT2D eigenvalue weighted by Gasteiger charge is 2.50.